The normalized spacial score (nSPS) is 11.3. The molecule has 0 aromatic carbocycles. The summed E-state index contributed by atoms with van der Waals surface area (Å²) < 4.78 is 9.20. The van der Waals surface area contributed by atoms with E-state index in [2.05, 4.69) is 29.7 Å². The van der Waals surface area contributed by atoms with Gasteiger partial charge in [0, 0.05) is 49.0 Å². The van der Waals surface area contributed by atoms with E-state index in [0.29, 0.717) is 18.1 Å². The predicted molar refractivity (Wildman–Crippen MR) is 97.6 cm³/mol. The average Bonchev–Trinajstić information content (AvgIpc) is 3.47. The zero-order chi connectivity index (χ0) is 18.1. The Morgan fingerprint density at radius 2 is 1.89 bits per heavy atom. The highest BCUT2D eigenvalue weighted by molar-refractivity contribution is 5.57. The smallest absolute Gasteiger partial charge is 0.195 e. The fourth-order valence-corrected chi connectivity index (χ4v) is 2.93. The number of pyridine rings is 1. The summed E-state index contributed by atoms with van der Waals surface area (Å²) in [6, 6.07) is 9.60. The van der Waals surface area contributed by atoms with Crippen molar-refractivity contribution in [3.05, 3.63) is 73.3 Å². The Morgan fingerprint density at radius 3 is 2.74 bits per heavy atom. The minimum absolute atomic E-state index is 0.545. The van der Waals surface area contributed by atoms with Crippen LogP contribution in [-0.4, -0.2) is 34.3 Å². The lowest BCUT2D eigenvalue weighted by Crippen LogP contribution is -2.03. The zero-order valence-corrected chi connectivity index (χ0v) is 14.3. The van der Waals surface area contributed by atoms with Crippen molar-refractivity contribution in [2.75, 3.05) is 0 Å². The van der Waals surface area contributed by atoms with E-state index >= 15 is 0 Å². The first-order chi connectivity index (χ1) is 13.4. The SMILES string of the molecule is c1coc(-c2ncc(-c3cn(CCc4cnc5ccccn45)nn3)cn2)c1. The Balaban J connectivity index is 1.31. The van der Waals surface area contributed by atoms with E-state index in [4.69, 9.17) is 4.42 Å². The van der Waals surface area contributed by atoms with E-state index in [9.17, 15) is 0 Å². The van der Waals surface area contributed by atoms with Crippen LogP contribution >= 0.6 is 0 Å². The van der Waals surface area contributed by atoms with Gasteiger partial charge in [0.25, 0.3) is 0 Å². The van der Waals surface area contributed by atoms with Crippen molar-refractivity contribution in [1.82, 2.24) is 34.3 Å². The molecule has 5 rings (SSSR count). The summed E-state index contributed by atoms with van der Waals surface area (Å²) in [5.74, 6) is 1.18. The molecule has 0 aliphatic carbocycles. The summed E-state index contributed by atoms with van der Waals surface area (Å²) in [6.07, 6.45) is 11.7. The molecule has 8 nitrogen and oxygen atoms in total. The van der Waals surface area contributed by atoms with Gasteiger partial charge in [-0.25, -0.2) is 15.0 Å². The van der Waals surface area contributed by atoms with Crippen LogP contribution in [0.1, 0.15) is 5.69 Å². The highest BCUT2D eigenvalue weighted by atomic mass is 16.3. The molecule has 0 unspecified atom stereocenters. The lowest BCUT2D eigenvalue weighted by molar-refractivity contribution is 0.577. The van der Waals surface area contributed by atoms with Gasteiger partial charge in [-0.15, -0.1) is 5.10 Å². The molecule has 0 bridgehead atoms. The number of aromatic nitrogens is 7. The summed E-state index contributed by atoms with van der Waals surface area (Å²) in [7, 11) is 0. The number of rotatable bonds is 5. The van der Waals surface area contributed by atoms with E-state index in [1.54, 1.807) is 18.7 Å². The Bertz CT molecular complexity index is 1170. The van der Waals surface area contributed by atoms with Gasteiger partial charge in [-0.2, -0.15) is 0 Å². The van der Waals surface area contributed by atoms with Crippen LogP contribution in [0, 0.1) is 0 Å². The maximum atomic E-state index is 5.30. The topological polar surface area (TPSA) is 86.9 Å². The number of hydrogen-bond acceptors (Lipinski definition) is 6. The second-order valence-electron chi connectivity index (χ2n) is 6.07. The Morgan fingerprint density at radius 1 is 0.963 bits per heavy atom. The van der Waals surface area contributed by atoms with Gasteiger partial charge in [-0.1, -0.05) is 11.3 Å². The Kier molecular flexibility index (Phi) is 3.71. The van der Waals surface area contributed by atoms with Crippen LogP contribution in [0.5, 0.6) is 0 Å². The third-order valence-corrected chi connectivity index (χ3v) is 4.32. The first kappa shape index (κ1) is 15.4. The minimum Gasteiger partial charge on any atom is -0.461 e. The average molecular weight is 357 g/mol. The van der Waals surface area contributed by atoms with Gasteiger partial charge in [0.2, 0.25) is 0 Å². The summed E-state index contributed by atoms with van der Waals surface area (Å²) in [6.45, 7) is 0.709. The second kappa shape index (κ2) is 6.49. The first-order valence-corrected chi connectivity index (χ1v) is 8.54. The molecule has 0 aliphatic rings. The number of nitrogens with zero attached hydrogens (tertiary/aromatic N) is 7. The van der Waals surface area contributed by atoms with Gasteiger partial charge >= 0.3 is 0 Å². The lowest BCUT2D eigenvalue weighted by atomic mass is 10.2. The Hall–Kier alpha value is -3.81. The molecule has 8 heteroatoms. The molecule has 0 N–H and O–H groups in total. The molecule has 5 aromatic heterocycles. The van der Waals surface area contributed by atoms with Crippen molar-refractivity contribution in [2.24, 2.45) is 0 Å². The molecule has 0 atom stereocenters. The second-order valence-corrected chi connectivity index (χ2v) is 6.07. The van der Waals surface area contributed by atoms with Crippen LogP contribution in [-0.2, 0) is 13.0 Å². The van der Waals surface area contributed by atoms with E-state index in [-0.39, 0.29) is 0 Å². The molecular formula is C19H15N7O. The number of aryl methyl sites for hydroxylation is 2. The fraction of sp³-hybridized carbons (Fsp3) is 0.105. The van der Waals surface area contributed by atoms with Crippen molar-refractivity contribution in [3.8, 4) is 22.8 Å². The largest absolute Gasteiger partial charge is 0.461 e. The number of fused-ring (bicyclic) bond motifs is 1. The number of furan rings is 1. The van der Waals surface area contributed by atoms with E-state index in [0.717, 1.165) is 29.0 Å². The molecule has 0 spiro atoms. The van der Waals surface area contributed by atoms with Gasteiger partial charge < -0.3 is 8.82 Å². The van der Waals surface area contributed by atoms with Crippen molar-refractivity contribution in [1.29, 1.82) is 0 Å². The van der Waals surface area contributed by atoms with Crippen LogP contribution in [0.2, 0.25) is 0 Å². The Labute approximate surface area is 154 Å². The molecule has 5 aromatic rings. The molecular weight excluding hydrogens is 342 g/mol. The van der Waals surface area contributed by atoms with Crippen LogP contribution in [0.15, 0.2) is 72.0 Å². The molecule has 132 valence electrons. The van der Waals surface area contributed by atoms with Crippen LogP contribution < -0.4 is 0 Å². The maximum Gasteiger partial charge on any atom is 0.195 e. The third-order valence-electron chi connectivity index (χ3n) is 4.32. The molecule has 5 heterocycles. The zero-order valence-electron chi connectivity index (χ0n) is 14.3. The van der Waals surface area contributed by atoms with Gasteiger partial charge in [0.1, 0.15) is 11.3 Å². The highest BCUT2D eigenvalue weighted by Crippen LogP contribution is 2.18. The van der Waals surface area contributed by atoms with Crippen LogP contribution in [0.3, 0.4) is 0 Å². The van der Waals surface area contributed by atoms with Crippen molar-refractivity contribution < 1.29 is 4.42 Å². The van der Waals surface area contributed by atoms with Gasteiger partial charge in [0.15, 0.2) is 11.6 Å². The fourth-order valence-electron chi connectivity index (χ4n) is 2.93. The maximum absolute atomic E-state index is 5.30. The van der Waals surface area contributed by atoms with E-state index < -0.39 is 0 Å². The standard InChI is InChI=1S/C19H15N7O/c1-2-7-26-15(12-20-18(26)5-1)6-8-25-13-16(23-24-25)14-10-21-19(22-11-14)17-4-3-9-27-17/h1-5,7,9-13H,6,8H2. The summed E-state index contributed by atoms with van der Waals surface area (Å²) in [5, 5.41) is 8.44. The summed E-state index contributed by atoms with van der Waals surface area (Å²) in [4.78, 5) is 13.1. The molecule has 0 radical (unpaired) electrons. The molecule has 0 saturated carbocycles. The molecule has 0 fully saturated rings. The van der Waals surface area contributed by atoms with Crippen LogP contribution in [0.25, 0.3) is 28.5 Å². The van der Waals surface area contributed by atoms with Crippen molar-refractivity contribution in [3.63, 3.8) is 0 Å². The van der Waals surface area contributed by atoms with E-state index in [1.807, 2.05) is 53.6 Å². The molecule has 27 heavy (non-hydrogen) atoms. The number of hydrogen-bond donors (Lipinski definition) is 0. The van der Waals surface area contributed by atoms with Gasteiger partial charge in [0.05, 0.1) is 12.5 Å². The summed E-state index contributed by atoms with van der Waals surface area (Å²) >= 11 is 0. The lowest BCUT2D eigenvalue weighted by Gasteiger charge is -2.01. The minimum atomic E-state index is 0.545. The third kappa shape index (κ3) is 2.97. The monoisotopic (exact) mass is 357 g/mol. The molecule has 0 saturated heterocycles. The van der Waals surface area contributed by atoms with Gasteiger partial charge in [-0.3, -0.25) is 4.68 Å². The first-order valence-electron chi connectivity index (χ1n) is 8.54. The summed E-state index contributed by atoms with van der Waals surface area (Å²) in [5.41, 5.74) is 3.62. The van der Waals surface area contributed by atoms with Gasteiger partial charge in [-0.05, 0) is 24.3 Å². The van der Waals surface area contributed by atoms with Crippen molar-refractivity contribution >= 4 is 5.65 Å². The van der Waals surface area contributed by atoms with Crippen molar-refractivity contribution in [2.45, 2.75) is 13.0 Å². The predicted octanol–water partition coefficient (Wildman–Crippen LogP) is 2.89. The molecule has 0 amide bonds. The number of imidazole rings is 1. The highest BCUT2D eigenvalue weighted by Gasteiger charge is 2.09. The van der Waals surface area contributed by atoms with E-state index in [1.165, 1.54) is 0 Å². The van der Waals surface area contributed by atoms with Crippen LogP contribution in [0.4, 0.5) is 0 Å². The quantitative estimate of drug-likeness (QED) is 0.481. The molecule has 0 aliphatic heterocycles.